The van der Waals surface area contributed by atoms with Crippen molar-refractivity contribution in [2.24, 2.45) is 11.8 Å². The summed E-state index contributed by atoms with van der Waals surface area (Å²) in [5.74, 6) is 2.39. The number of nitrogens with zero attached hydrogens (tertiary/aromatic N) is 6. The summed E-state index contributed by atoms with van der Waals surface area (Å²) in [5, 5.41) is 0. The van der Waals surface area contributed by atoms with Crippen molar-refractivity contribution in [2.45, 2.75) is 90.1 Å². The molecular weight excluding hydrogens is 555 g/mol. The highest BCUT2D eigenvalue weighted by Gasteiger charge is 2.37. The van der Waals surface area contributed by atoms with Gasteiger partial charge in [0.2, 0.25) is 11.9 Å². The van der Waals surface area contributed by atoms with Crippen LogP contribution in [0.15, 0.2) is 12.4 Å². The quantitative estimate of drug-likeness (QED) is 0.525. The zero-order valence-corrected chi connectivity index (χ0v) is 25.9. The first-order valence-corrected chi connectivity index (χ1v) is 14.2. The van der Waals surface area contributed by atoms with E-state index < -0.39 is 0 Å². The van der Waals surface area contributed by atoms with Gasteiger partial charge in [0.25, 0.3) is 0 Å². The molecule has 0 aromatic carbocycles. The standard InChI is InChI=1S/2C14H22N4.3ClH/c2*1-2-5-18-6-3-4-10-7-12-11(8-13(10)18)9-16-14(15)17-12;;;/h2*9-10,13H,2-8H2,1H3,(H2,15,16,17);3*1H/t2*10-,13-;;;/m00.../s1. The van der Waals surface area contributed by atoms with Crippen LogP contribution in [0.25, 0.3) is 0 Å². The first-order valence-electron chi connectivity index (χ1n) is 14.2. The molecule has 4 aliphatic rings. The van der Waals surface area contributed by atoms with Crippen LogP contribution in [0.4, 0.5) is 11.9 Å². The van der Waals surface area contributed by atoms with E-state index in [9.17, 15) is 0 Å². The molecule has 4 N–H and O–H groups in total. The molecule has 2 saturated heterocycles. The molecule has 39 heavy (non-hydrogen) atoms. The van der Waals surface area contributed by atoms with Gasteiger partial charge in [0.15, 0.2) is 0 Å². The van der Waals surface area contributed by atoms with E-state index in [0.717, 1.165) is 37.5 Å². The molecule has 6 rings (SSSR count). The minimum atomic E-state index is 0. The molecule has 2 fully saturated rings. The van der Waals surface area contributed by atoms with Crippen LogP contribution in [0.3, 0.4) is 0 Å². The van der Waals surface area contributed by atoms with Crippen molar-refractivity contribution in [3.05, 3.63) is 34.9 Å². The fourth-order valence-corrected chi connectivity index (χ4v) is 7.18. The number of hydrogen-bond acceptors (Lipinski definition) is 8. The van der Waals surface area contributed by atoms with Gasteiger partial charge in [-0.2, -0.15) is 0 Å². The third-order valence-corrected chi connectivity index (χ3v) is 8.80. The Morgan fingerprint density at radius 2 is 1.10 bits per heavy atom. The summed E-state index contributed by atoms with van der Waals surface area (Å²) in [5.41, 5.74) is 16.4. The first kappa shape index (κ1) is 33.8. The second-order valence-corrected chi connectivity index (χ2v) is 11.2. The molecule has 11 heteroatoms. The molecule has 0 radical (unpaired) electrons. The van der Waals surface area contributed by atoms with Crippen molar-refractivity contribution in [3.8, 4) is 0 Å². The zero-order chi connectivity index (χ0) is 25.1. The molecule has 8 nitrogen and oxygen atoms in total. The monoisotopic (exact) mass is 600 g/mol. The second kappa shape index (κ2) is 15.5. The zero-order valence-electron chi connectivity index (χ0n) is 23.4. The SMILES string of the molecule is CCCN1CCC[C@H]2Cc3nc(N)ncc3C[C@@H]21.CCCN1CCC[C@H]2Cc3nc(N)ncc3C[C@@H]21.Cl.Cl.Cl. The first-order chi connectivity index (χ1) is 17.6. The van der Waals surface area contributed by atoms with Crippen molar-refractivity contribution in [1.82, 2.24) is 29.7 Å². The van der Waals surface area contributed by atoms with E-state index in [4.69, 9.17) is 11.5 Å². The van der Waals surface area contributed by atoms with Gasteiger partial charge in [-0.3, -0.25) is 9.80 Å². The number of fused-ring (bicyclic) bond motifs is 4. The number of piperidine rings is 2. The average molecular weight is 602 g/mol. The lowest BCUT2D eigenvalue weighted by atomic mass is 9.77. The lowest BCUT2D eigenvalue weighted by Crippen LogP contribution is -2.49. The van der Waals surface area contributed by atoms with Gasteiger partial charge in [0, 0.05) is 35.9 Å². The van der Waals surface area contributed by atoms with Crippen LogP contribution < -0.4 is 11.5 Å². The molecular formula is C28H47Cl3N8. The van der Waals surface area contributed by atoms with Gasteiger partial charge in [-0.1, -0.05) is 13.8 Å². The van der Waals surface area contributed by atoms with Crippen LogP contribution in [-0.4, -0.2) is 68.0 Å². The molecule has 2 aliphatic heterocycles. The van der Waals surface area contributed by atoms with E-state index in [1.807, 2.05) is 12.4 Å². The average Bonchev–Trinajstić information content (AvgIpc) is 2.87. The van der Waals surface area contributed by atoms with Gasteiger partial charge in [-0.25, -0.2) is 19.9 Å². The van der Waals surface area contributed by atoms with Crippen molar-refractivity contribution in [3.63, 3.8) is 0 Å². The summed E-state index contributed by atoms with van der Waals surface area (Å²) >= 11 is 0. The predicted molar refractivity (Wildman–Crippen MR) is 166 cm³/mol. The lowest BCUT2D eigenvalue weighted by Gasteiger charge is -2.44. The molecule has 2 aromatic rings. The Labute approximate surface area is 252 Å². The third kappa shape index (κ3) is 7.85. The number of nitrogen functional groups attached to an aromatic ring is 2. The molecule has 0 amide bonds. The van der Waals surface area contributed by atoms with Gasteiger partial charge in [-0.05, 0) is 113 Å². The topological polar surface area (TPSA) is 110 Å². The van der Waals surface area contributed by atoms with Gasteiger partial charge < -0.3 is 11.5 Å². The van der Waals surface area contributed by atoms with Crippen LogP contribution >= 0.6 is 37.2 Å². The Kier molecular flexibility index (Phi) is 13.4. The summed E-state index contributed by atoms with van der Waals surface area (Å²) in [6.45, 7) is 9.52. The number of hydrogen-bond donors (Lipinski definition) is 2. The predicted octanol–water partition coefficient (Wildman–Crippen LogP) is 4.56. The molecule has 0 bridgehead atoms. The van der Waals surface area contributed by atoms with Gasteiger partial charge in [-0.15, -0.1) is 37.2 Å². The molecule has 4 heterocycles. The largest absolute Gasteiger partial charge is 0.368 e. The number of likely N-dealkylation sites (tertiary alicyclic amines) is 2. The van der Waals surface area contributed by atoms with Crippen LogP contribution in [0.5, 0.6) is 0 Å². The van der Waals surface area contributed by atoms with Crippen molar-refractivity contribution in [2.75, 3.05) is 37.6 Å². The maximum Gasteiger partial charge on any atom is 0.220 e. The van der Waals surface area contributed by atoms with Crippen LogP contribution in [0, 0.1) is 11.8 Å². The smallest absolute Gasteiger partial charge is 0.220 e. The van der Waals surface area contributed by atoms with E-state index in [0.29, 0.717) is 24.0 Å². The summed E-state index contributed by atoms with van der Waals surface area (Å²) in [6, 6.07) is 1.41. The Balaban J connectivity index is 0.000000254. The molecule has 0 spiro atoms. The van der Waals surface area contributed by atoms with E-state index >= 15 is 0 Å². The molecule has 4 atom stereocenters. The summed E-state index contributed by atoms with van der Waals surface area (Å²) in [6.07, 6.45) is 16.1. The van der Waals surface area contributed by atoms with Crippen molar-refractivity contribution >= 4 is 49.1 Å². The molecule has 0 saturated carbocycles. The number of rotatable bonds is 4. The Morgan fingerprint density at radius 1 is 0.692 bits per heavy atom. The van der Waals surface area contributed by atoms with Crippen molar-refractivity contribution < 1.29 is 0 Å². The highest BCUT2D eigenvalue weighted by atomic mass is 35.5. The minimum absolute atomic E-state index is 0. The van der Waals surface area contributed by atoms with Crippen molar-refractivity contribution in [1.29, 1.82) is 0 Å². The summed E-state index contributed by atoms with van der Waals surface area (Å²) in [4.78, 5) is 22.5. The third-order valence-electron chi connectivity index (χ3n) is 8.80. The maximum absolute atomic E-state index is 5.69. The van der Waals surface area contributed by atoms with Gasteiger partial charge in [0.05, 0.1) is 0 Å². The van der Waals surface area contributed by atoms with E-state index in [2.05, 4.69) is 43.6 Å². The van der Waals surface area contributed by atoms with Gasteiger partial charge >= 0.3 is 0 Å². The Bertz CT molecular complexity index is 956. The normalized spacial score (nSPS) is 25.5. The van der Waals surface area contributed by atoms with E-state index in [1.54, 1.807) is 0 Å². The highest BCUT2D eigenvalue weighted by Crippen LogP contribution is 2.35. The van der Waals surface area contributed by atoms with E-state index in [1.165, 1.54) is 87.2 Å². The summed E-state index contributed by atoms with van der Waals surface area (Å²) < 4.78 is 0. The lowest BCUT2D eigenvalue weighted by molar-refractivity contribution is 0.0845. The number of halogens is 3. The van der Waals surface area contributed by atoms with Crippen LogP contribution in [-0.2, 0) is 25.7 Å². The maximum atomic E-state index is 5.69. The Morgan fingerprint density at radius 3 is 1.49 bits per heavy atom. The molecule has 0 unspecified atom stereocenters. The van der Waals surface area contributed by atoms with Crippen LogP contribution in [0.1, 0.15) is 74.9 Å². The summed E-state index contributed by atoms with van der Waals surface area (Å²) in [7, 11) is 0. The number of nitrogens with two attached hydrogens (primary N) is 2. The number of aromatic nitrogens is 4. The van der Waals surface area contributed by atoms with E-state index in [-0.39, 0.29) is 37.2 Å². The fraction of sp³-hybridized carbons (Fsp3) is 0.714. The molecule has 2 aliphatic carbocycles. The molecule has 2 aromatic heterocycles. The van der Waals surface area contributed by atoms with Crippen LogP contribution in [0.2, 0.25) is 0 Å². The number of anilines is 2. The second-order valence-electron chi connectivity index (χ2n) is 11.2. The minimum Gasteiger partial charge on any atom is -0.368 e. The fourth-order valence-electron chi connectivity index (χ4n) is 7.18. The van der Waals surface area contributed by atoms with Gasteiger partial charge in [0.1, 0.15) is 0 Å². The highest BCUT2D eigenvalue weighted by molar-refractivity contribution is 5.86. The molecule has 220 valence electrons. The Hall–Kier alpha value is -1.45.